The van der Waals surface area contributed by atoms with Crippen LogP contribution in [0, 0.1) is 0 Å². The van der Waals surface area contributed by atoms with E-state index in [9.17, 15) is 16.8 Å². The molecule has 0 aromatic carbocycles. The average molecular weight is 362 g/mol. The van der Waals surface area contributed by atoms with Gasteiger partial charge < -0.3 is 0 Å². The zero-order valence-corrected chi connectivity index (χ0v) is 13.0. The van der Waals surface area contributed by atoms with Gasteiger partial charge in [0.2, 0.25) is 10.0 Å². The summed E-state index contributed by atoms with van der Waals surface area (Å²) >= 11 is 4.69. The Balaban J connectivity index is 2.50. The molecule has 1 N–H and O–H groups in total. The van der Waals surface area contributed by atoms with Gasteiger partial charge in [-0.25, -0.2) is 21.6 Å². The van der Waals surface area contributed by atoms with Crippen molar-refractivity contribution in [3.05, 3.63) is 20.8 Å². The summed E-state index contributed by atoms with van der Waals surface area (Å²) in [7, 11) is -6.80. The maximum atomic E-state index is 11.5. The van der Waals surface area contributed by atoms with Crippen molar-refractivity contribution in [2.45, 2.75) is 6.54 Å². The minimum Gasteiger partial charge on any atom is -0.229 e. The van der Waals surface area contributed by atoms with Crippen LogP contribution in [0.25, 0.3) is 0 Å². The van der Waals surface area contributed by atoms with E-state index in [1.54, 1.807) is 0 Å². The largest absolute Gasteiger partial charge is 0.229 e. The topological polar surface area (TPSA) is 80.3 Å². The minimum atomic E-state index is -3.54. The van der Waals surface area contributed by atoms with E-state index in [1.165, 1.54) is 11.3 Å². The lowest BCUT2D eigenvalue weighted by atomic mass is 10.5. The standard InChI is InChI=1S/C8H12BrNO4S3/c1-16(11,12)2-3-17(13,14)10-5-8-4-7(9)6-15-8/h4,6,10H,2-3,5H2,1H3. The molecule has 0 saturated heterocycles. The molecule has 0 radical (unpaired) electrons. The molecule has 0 amide bonds. The molecule has 0 aliphatic rings. The van der Waals surface area contributed by atoms with Crippen LogP contribution in [-0.4, -0.2) is 34.6 Å². The van der Waals surface area contributed by atoms with Gasteiger partial charge in [0.15, 0.2) is 0 Å². The van der Waals surface area contributed by atoms with Crippen molar-refractivity contribution >= 4 is 47.1 Å². The summed E-state index contributed by atoms with van der Waals surface area (Å²) in [6.45, 7) is 0.183. The fourth-order valence-corrected chi connectivity index (χ4v) is 5.05. The van der Waals surface area contributed by atoms with E-state index in [-0.39, 0.29) is 12.3 Å². The Morgan fingerprint density at radius 2 is 1.94 bits per heavy atom. The van der Waals surface area contributed by atoms with E-state index in [2.05, 4.69) is 20.7 Å². The second-order valence-corrected chi connectivity index (χ2v) is 9.60. The van der Waals surface area contributed by atoms with Crippen molar-refractivity contribution in [2.75, 3.05) is 17.8 Å². The fraction of sp³-hybridized carbons (Fsp3) is 0.500. The van der Waals surface area contributed by atoms with Gasteiger partial charge in [0, 0.05) is 27.5 Å². The molecule has 98 valence electrons. The normalized spacial score (nSPS) is 12.8. The molecule has 0 aliphatic carbocycles. The van der Waals surface area contributed by atoms with Gasteiger partial charge in [0.25, 0.3) is 0 Å². The van der Waals surface area contributed by atoms with Crippen LogP contribution in [0.2, 0.25) is 0 Å². The second-order valence-electron chi connectivity index (χ2n) is 3.50. The smallest absolute Gasteiger partial charge is 0.212 e. The first-order chi connectivity index (χ1) is 7.68. The number of sulfone groups is 1. The van der Waals surface area contributed by atoms with Crippen LogP contribution in [0.1, 0.15) is 4.88 Å². The lowest BCUT2D eigenvalue weighted by Gasteiger charge is -2.04. The van der Waals surface area contributed by atoms with Crippen molar-refractivity contribution in [3.8, 4) is 0 Å². The quantitative estimate of drug-likeness (QED) is 0.818. The number of halogens is 1. The molecule has 9 heteroatoms. The minimum absolute atomic E-state index is 0.183. The SMILES string of the molecule is CS(=O)(=O)CCS(=O)(=O)NCc1cc(Br)cs1. The van der Waals surface area contributed by atoms with Crippen LogP contribution in [0.4, 0.5) is 0 Å². The third-order valence-electron chi connectivity index (χ3n) is 1.81. The zero-order chi connectivity index (χ0) is 13.1. The Bertz CT molecular complexity index is 576. The van der Waals surface area contributed by atoms with Crippen LogP contribution in [0.15, 0.2) is 15.9 Å². The second kappa shape index (κ2) is 5.79. The summed E-state index contributed by atoms with van der Waals surface area (Å²) in [6, 6.07) is 1.81. The van der Waals surface area contributed by atoms with Gasteiger partial charge in [0.05, 0.1) is 11.5 Å². The van der Waals surface area contributed by atoms with Gasteiger partial charge in [-0.3, -0.25) is 0 Å². The molecule has 0 atom stereocenters. The van der Waals surface area contributed by atoms with E-state index in [1.807, 2.05) is 11.4 Å². The number of hydrogen-bond donors (Lipinski definition) is 1. The van der Waals surface area contributed by atoms with Crippen LogP contribution >= 0.6 is 27.3 Å². The average Bonchev–Trinajstić information content (AvgIpc) is 2.58. The van der Waals surface area contributed by atoms with Crippen molar-refractivity contribution in [1.82, 2.24) is 4.72 Å². The highest BCUT2D eigenvalue weighted by Gasteiger charge is 2.14. The molecule has 0 unspecified atom stereocenters. The van der Waals surface area contributed by atoms with Gasteiger partial charge in [-0.05, 0) is 22.0 Å². The summed E-state index contributed by atoms with van der Waals surface area (Å²) in [5, 5.41) is 1.85. The molecule has 1 aromatic rings. The highest BCUT2D eigenvalue weighted by Crippen LogP contribution is 2.19. The summed E-state index contributed by atoms with van der Waals surface area (Å²) in [6.07, 6.45) is 1.01. The van der Waals surface area contributed by atoms with Crippen molar-refractivity contribution in [2.24, 2.45) is 0 Å². The molecule has 0 saturated carbocycles. The molecule has 0 bridgehead atoms. The van der Waals surface area contributed by atoms with Crippen molar-refractivity contribution in [1.29, 1.82) is 0 Å². The fourth-order valence-electron chi connectivity index (χ4n) is 0.961. The lowest BCUT2D eigenvalue weighted by molar-refractivity contribution is 0.579. The Morgan fingerprint density at radius 1 is 1.29 bits per heavy atom. The molecular formula is C8H12BrNO4S3. The van der Waals surface area contributed by atoms with Crippen LogP contribution in [-0.2, 0) is 26.4 Å². The number of nitrogens with one attached hydrogen (secondary N) is 1. The van der Waals surface area contributed by atoms with Crippen LogP contribution in [0.5, 0.6) is 0 Å². The first-order valence-corrected chi connectivity index (χ1v) is 9.94. The Morgan fingerprint density at radius 3 is 2.41 bits per heavy atom. The van der Waals surface area contributed by atoms with Crippen LogP contribution in [0.3, 0.4) is 0 Å². The first-order valence-electron chi connectivity index (χ1n) is 4.56. The Hall–Kier alpha value is 0.0400. The van der Waals surface area contributed by atoms with E-state index in [0.29, 0.717) is 0 Å². The third kappa shape index (κ3) is 6.51. The van der Waals surface area contributed by atoms with Gasteiger partial charge in [-0.1, -0.05) is 0 Å². The maximum Gasteiger partial charge on any atom is 0.212 e. The van der Waals surface area contributed by atoms with Gasteiger partial charge >= 0.3 is 0 Å². The predicted molar refractivity (Wildman–Crippen MR) is 72.4 cm³/mol. The van der Waals surface area contributed by atoms with Crippen LogP contribution < -0.4 is 4.72 Å². The predicted octanol–water partition coefficient (Wildman–Crippen LogP) is 0.975. The molecule has 0 spiro atoms. The van der Waals surface area contributed by atoms with E-state index < -0.39 is 25.6 Å². The molecule has 0 aliphatic heterocycles. The first kappa shape index (κ1) is 15.1. The summed E-state index contributed by atoms with van der Waals surface area (Å²) in [5.41, 5.74) is 0. The molecule has 1 aromatic heterocycles. The monoisotopic (exact) mass is 361 g/mol. The summed E-state index contributed by atoms with van der Waals surface area (Å²) in [4.78, 5) is 0.861. The molecule has 0 fully saturated rings. The Kier molecular flexibility index (Phi) is 5.14. The number of thiophene rings is 1. The molecule has 1 heterocycles. The third-order valence-corrected chi connectivity index (χ3v) is 6.04. The maximum absolute atomic E-state index is 11.5. The number of rotatable bonds is 6. The summed E-state index contributed by atoms with van der Waals surface area (Å²) in [5.74, 6) is -0.769. The van der Waals surface area contributed by atoms with Gasteiger partial charge in [-0.2, -0.15) is 0 Å². The zero-order valence-electron chi connectivity index (χ0n) is 9.01. The molecular weight excluding hydrogens is 350 g/mol. The van der Waals surface area contributed by atoms with Gasteiger partial charge in [-0.15, -0.1) is 11.3 Å². The molecule has 1 rings (SSSR count). The van der Waals surface area contributed by atoms with E-state index in [4.69, 9.17) is 0 Å². The molecule has 17 heavy (non-hydrogen) atoms. The lowest BCUT2D eigenvalue weighted by Crippen LogP contribution is -2.28. The van der Waals surface area contributed by atoms with Gasteiger partial charge in [0.1, 0.15) is 9.84 Å². The van der Waals surface area contributed by atoms with Crippen molar-refractivity contribution in [3.63, 3.8) is 0 Å². The number of hydrogen-bond acceptors (Lipinski definition) is 5. The van der Waals surface area contributed by atoms with E-state index >= 15 is 0 Å². The number of sulfonamides is 1. The summed E-state index contributed by atoms with van der Waals surface area (Å²) < 4.78 is 47.9. The molecule has 5 nitrogen and oxygen atoms in total. The Labute approximate surface area is 113 Å². The highest BCUT2D eigenvalue weighted by atomic mass is 79.9. The van der Waals surface area contributed by atoms with E-state index in [0.717, 1.165) is 15.6 Å². The highest BCUT2D eigenvalue weighted by molar-refractivity contribution is 9.10. The van der Waals surface area contributed by atoms with Crippen molar-refractivity contribution < 1.29 is 16.8 Å².